The van der Waals surface area contributed by atoms with Gasteiger partial charge in [-0.3, -0.25) is 10.2 Å². The van der Waals surface area contributed by atoms with E-state index in [1.54, 1.807) is 24.3 Å². The average molecular weight is 479 g/mol. The monoisotopic (exact) mass is 478 g/mol. The van der Waals surface area contributed by atoms with Gasteiger partial charge in [-0.25, -0.2) is 18.6 Å². The van der Waals surface area contributed by atoms with Crippen molar-refractivity contribution in [2.75, 3.05) is 6.54 Å². The van der Waals surface area contributed by atoms with Crippen molar-refractivity contribution in [3.8, 4) is 0 Å². The van der Waals surface area contributed by atoms with E-state index >= 15 is 0 Å². The van der Waals surface area contributed by atoms with Gasteiger partial charge < -0.3 is 15.4 Å². The van der Waals surface area contributed by atoms with Gasteiger partial charge in [0.2, 0.25) is 5.91 Å². The second kappa shape index (κ2) is 10.4. The molecule has 4 rings (SSSR count). The molecule has 2 unspecified atom stereocenters. The molecule has 182 valence electrons. The molecule has 3 fully saturated rings. The Hall–Kier alpha value is -2.17. The quantitative estimate of drug-likeness (QED) is 0.426. The molecule has 2 saturated carbocycles. The molecule has 0 aromatic heterocycles. The van der Waals surface area contributed by atoms with Gasteiger partial charge in [0.05, 0.1) is 22.7 Å². The maximum atomic E-state index is 12.7. The molecule has 4 N–H and O–H groups in total. The van der Waals surface area contributed by atoms with Crippen LogP contribution >= 0.6 is 0 Å². The van der Waals surface area contributed by atoms with Gasteiger partial charge in [0.1, 0.15) is 6.10 Å². The van der Waals surface area contributed by atoms with E-state index in [2.05, 4.69) is 21.5 Å². The number of carbonyl (C=O) groups is 2. The molecule has 1 aliphatic heterocycles. The summed E-state index contributed by atoms with van der Waals surface area (Å²) in [5, 5.41) is 5.40. The van der Waals surface area contributed by atoms with Gasteiger partial charge in [-0.2, -0.15) is 0 Å². The van der Waals surface area contributed by atoms with E-state index in [1.807, 2.05) is 6.92 Å². The van der Waals surface area contributed by atoms with E-state index in [-0.39, 0.29) is 46.9 Å². The molecule has 1 saturated heterocycles. The number of hydrogen-bond acceptors (Lipinski definition) is 7. The normalized spacial score (nSPS) is 27.3. The molecule has 0 spiro atoms. The highest BCUT2D eigenvalue weighted by Crippen LogP contribution is 2.35. The van der Waals surface area contributed by atoms with Gasteiger partial charge in [-0.05, 0) is 62.5 Å². The first-order valence-electron chi connectivity index (χ1n) is 11.9. The summed E-state index contributed by atoms with van der Waals surface area (Å²) in [6.07, 6.45) is 4.93. The molecule has 2 amide bonds. The van der Waals surface area contributed by atoms with E-state index in [1.165, 1.54) is 0 Å². The molecule has 33 heavy (non-hydrogen) atoms. The van der Waals surface area contributed by atoms with Crippen LogP contribution in [0.3, 0.4) is 0 Å². The van der Waals surface area contributed by atoms with Crippen molar-refractivity contribution in [3.05, 3.63) is 29.8 Å². The van der Waals surface area contributed by atoms with Gasteiger partial charge in [0.25, 0.3) is 0 Å². The molecular formula is C23H34N4O5S. The smallest absolute Gasteiger partial charge is 0.407 e. The fourth-order valence-corrected chi connectivity index (χ4v) is 6.64. The van der Waals surface area contributed by atoms with Crippen molar-refractivity contribution >= 4 is 21.8 Å². The molecular weight excluding hydrogens is 444 g/mol. The van der Waals surface area contributed by atoms with Crippen molar-refractivity contribution in [2.24, 2.45) is 5.92 Å². The summed E-state index contributed by atoms with van der Waals surface area (Å²) in [5.41, 5.74) is 6.95. The number of carbonyl (C=O) groups excluding carboxylic acids is 2. The summed E-state index contributed by atoms with van der Waals surface area (Å²) >= 11 is 0. The molecule has 1 heterocycles. The summed E-state index contributed by atoms with van der Waals surface area (Å²) in [4.78, 5) is 24.7. The Kier molecular flexibility index (Phi) is 7.55. The first kappa shape index (κ1) is 24.0. The van der Waals surface area contributed by atoms with Gasteiger partial charge in [-0.1, -0.05) is 25.1 Å². The molecule has 1 aromatic carbocycles. The number of alkyl carbamates (subject to hydrolysis) is 1. The maximum Gasteiger partial charge on any atom is 0.407 e. The number of benzene rings is 1. The third kappa shape index (κ3) is 6.04. The third-order valence-corrected chi connectivity index (χ3v) is 9.01. The van der Waals surface area contributed by atoms with Crippen LogP contribution in [-0.4, -0.2) is 50.5 Å². The summed E-state index contributed by atoms with van der Waals surface area (Å²) in [7, 11) is -3.36. The maximum absolute atomic E-state index is 12.7. The predicted molar refractivity (Wildman–Crippen MR) is 123 cm³/mol. The van der Waals surface area contributed by atoms with E-state index in [0.29, 0.717) is 37.3 Å². The first-order chi connectivity index (χ1) is 15.9. The lowest BCUT2D eigenvalue weighted by molar-refractivity contribution is -0.121. The van der Waals surface area contributed by atoms with E-state index in [0.717, 1.165) is 25.7 Å². The zero-order valence-corrected chi connectivity index (χ0v) is 19.8. The van der Waals surface area contributed by atoms with Crippen LogP contribution in [0.4, 0.5) is 4.79 Å². The second-order valence-electron chi connectivity index (χ2n) is 9.31. The summed E-state index contributed by atoms with van der Waals surface area (Å²) in [6, 6.07) is 6.96. The average Bonchev–Trinajstić information content (AvgIpc) is 3.40. The minimum absolute atomic E-state index is 0.0250. The van der Waals surface area contributed by atoms with Crippen LogP contribution in [0.15, 0.2) is 29.2 Å². The fraction of sp³-hybridized carbons (Fsp3) is 0.652. The predicted octanol–water partition coefficient (Wildman–Crippen LogP) is 1.78. The lowest BCUT2D eigenvalue weighted by Crippen LogP contribution is -2.45. The highest BCUT2D eigenvalue weighted by molar-refractivity contribution is 7.92. The number of sulfone groups is 1. The number of nitrogens with one attached hydrogen (secondary N) is 4. The number of amides is 2. The summed E-state index contributed by atoms with van der Waals surface area (Å²) in [6.45, 7) is 2.61. The van der Waals surface area contributed by atoms with Gasteiger partial charge in [0.15, 0.2) is 9.84 Å². The second-order valence-corrected chi connectivity index (χ2v) is 11.5. The van der Waals surface area contributed by atoms with E-state index in [4.69, 9.17) is 4.74 Å². The van der Waals surface area contributed by atoms with Crippen molar-refractivity contribution < 1.29 is 22.7 Å². The standard InChI is InChI=1S/C23H34N4O5S/c1-2-11-24-23(29)32-17-8-7-15(12-17)19-14-21(27-26-19)25-22(28)13-16-5-3-4-6-20(16)33(30,31)18-9-10-18/h3-6,15,17-19,21,26-27H,2,7-14H2,1H3,(H,24,29)(H,25,28)/t15-,17+,19?,21?/m0/s1. The topological polar surface area (TPSA) is 126 Å². The molecule has 1 aromatic rings. The highest BCUT2D eigenvalue weighted by Gasteiger charge is 2.39. The van der Waals surface area contributed by atoms with E-state index in [9.17, 15) is 18.0 Å². The van der Waals surface area contributed by atoms with Gasteiger partial charge >= 0.3 is 6.09 Å². The van der Waals surface area contributed by atoms with Crippen LogP contribution in [0.1, 0.15) is 57.4 Å². The molecule has 3 aliphatic rings. The van der Waals surface area contributed by atoms with Gasteiger partial charge in [0, 0.05) is 12.6 Å². The minimum atomic E-state index is -3.36. The fourth-order valence-electron chi connectivity index (χ4n) is 4.75. The van der Waals surface area contributed by atoms with Crippen LogP contribution < -0.4 is 21.5 Å². The Morgan fingerprint density at radius 2 is 1.88 bits per heavy atom. The van der Waals surface area contributed by atoms with Crippen LogP contribution in [0, 0.1) is 5.92 Å². The van der Waals surface area contributed by atoms with Gasteiger partial charge in [-0.15, -0.1) is 0 Å². The first-order valence-corrected chi connectivity index (χ1v) is 13.5. The Balaban J connectivity index is 1.25. The van der Waals surface area contributed by atoms with Crippen LogP contribution in [0.25, 0.3) is 0 Å². The lowest BCUT2D eigenvalue weighted by atomic mass is 9.96. The molecule has 2 aliphatic carbocycles. The molecule has 0 bridgehead atoms. The van der Waals surface area contributed by atoms with Crippen LogP contribution in [0.5, 0.6) is 0 Å². The highest BCUT2D eigenvalue weighted by atomic mass is 32.2. The summed E-state index contributed by atoms with van der Waals surface area (Å²) < 4.78 is 30.9. The number of hydrazine groups is 1. The molecule has 9 nitrogen and oxygen atoms in total. The molecule has 10 heteroatoms. The van der Waals surface area contributed by atoms with Crippen molar-refractivity contribution in [2.45, 2.75) is 86.7 Å². The Morgan fingerprint density at radius 3 is 2.64 bits per heavy atom. The zero-order chi connectivity index (χ0) is 23.4. The van der Waals surface area contributed by atoms with Crippen molar-refractivity contribution in [1.82, 2.24) is 21.5 Å². The SMILES string of the molecule is CCCNC(=O)O[C@@H]1CC[C@H](C2CC(NC(=O)Cc3ccccc3S(=O)(=O)C3CC3)NN2)C1. The number of hydrogen-bond donors (Lipinski definition) is 4. The Bertz CT molecular complexity index is 965. The Labute approximate surface area is 195 Å². The number of rotatable bonds is 9. The Morgan fingerprint density at radius 1 is 1.09 bits per heavy atom. The van der Waals surface area contributed by atoms with E-state index < -0.39 is 9.84 Å². The van der Waals surface area contributed by atoms with Crippen molar-refractivity contribution in [3.63, 3.8) is 0 Å². The van der Waals surface area contributed by atoms with Crippen LogP contribution in [0.2, 0.25) is 0 Å². The number of ether oxygens (including phenoxy) is 1. The van der Waals surface area contributed by atoms with Crippen LogP contribution in [-0.2, 0) is 25.8 Å². The molecule has 4 atom stereocenters. The minimum Gasteiger partial charge on any atom is -0.446 e. The summed E-state index contributed by atoms with van der Waals surface area (Å²) in [5.74, 6) is 0.140. The third-order valence-electron chi connectivity index (χ3n) is 6.65. The molecule has 0 radical (unpaired) electrons. The largest absolute Gasteiger partial charge is 0.446 e. The zero-order valence-electron chi connectivity index (χ0n) is 19.0. The van der Waals surface area contributed by atoms with Crippen molar-refractivity contribution in [1.29, 1.82) is 0 Å². The lowest BCUT2D eigenvalue weighted by Gasteiger charge is -2.18.